The highest BCUT2D eigenvalue weighted by atomic mass is 32.1. The number of nitrogen functional groups attached to an aromatic ring is 1. The molecule has 6 nitrogen and oxygen atoms in total. The maximum Gasteiger partial charge on any atom is 0.283 e. The van der Waals surface area contributed by atoms with E-state index < -0.39 is 0 Å². The van der Waals surface area contributed by atoms with E-state index in [0.29, 0.717) is 22.3 Å². The zero-order chi connectivity index (χ0) is 19.2. The standard InChI is InChI=1S/C20H20N4O2S/c1-13-5-3-7-16(9-13)12-26-17-8-4-6-15(10-17)11-22-24-19(25)18-14(2)23-20(21)27-18/h3-11H,12H2,1-2H3,(H2,21,23)(H,24,25)/b22-11-. The van der Waals surface area contributed by atoms with Crippen LogP contribution in [0.1, 0.15) is 32.1 Å². The number of hydrazone groups is 1. The molecule has 3 rings (SSSR count). The molecule has 0 unspecified atom stereocenters. The molecule has 0 aliphatic heterocycles. The van der Waals surface area contributed by atoms with Crippen molar-refractivity contribution in [1.29, 1.82) is 0 Å². The van der Waals surface area contributed by atoms with E-state index >= 15 is 0 Å². The first-order valence-corrected chi connectivity index (χ1v) is 9.17. The van der Waals surface area contributed by atoms with Gasteiger partial charge in [0.1, 0.15) is 17.2 Å². The summed E-state index contributed by atoms with van der Waals surface area (Å²) < 4.78 is 5.83. The predicted octanol–water partition coefficient (Wildman–Crippen LogP) is 3.69. The van der Waals surface area contributed by atoms with Crippen molar-refractivity contribution in [3.63, 3.8) is 0 Å². The molecule has 3 aromatic rings. The summed E-state index contributed by atoms with van der Waals surface area (Å²) in [6.45, 7) is 4.28. The number of benzene rings is 2. The molecule has 0 bridgehead atoms. The second-order valence-electron chi connectivity index (χ2n) is 6.02. The van der Waals surface area contributed by atoms with Crippen LogP contribution in [0, 0.1) is 13.8 Å². The SMILES string of the molecule is Cc1cccc(COc2cccc(/C=N\NC(=O)c3sc(N)nc3C)c2)c1. The maximum atomic E-state index is 12.1. The van der Waals surface area contributed by atoms with Crippen LogP contribution in [0.5, 0.6) is 5.75 Å². The number of rotatable bonds is 6. The summed E-state index contributed by atoms with van der Waals surface area (Å²) in [6, 6.07) is 15.7. The Hall–Kier alpha value is -3.19. The summed E-state index contributed by atoms with van der Waals surface area (Å²) in [6.07, 6.45) is 1.57. The van der Waals surface area contributed by atoms with Crippen molar-refractivity contribution in [2.75, 3.05) is 5.73 Å². The number of nitrogens with one attached hydrogen (secondary N) is 1. The largest absolute Gasteiger partial charge is 0.489 e. The molecule has 0 atom stereocenters. The number of anilines is 1. The van der Waals surface area contributed by atoms with Crippen molar-refractivity contribution in [3.8, 4) is 5.75 Å². The van der Waals surface area contributed by atoms with Gasteiger partial charge in [0, 0.05) is 0 Å². The molecule has 1 aromatic heterocycles. The van der Waals surface area contributed by atoms with Crippen LogP contribution in [0.15, 0.2) is 53.6 Å². The minimum Gasteiger partial charge on any atom is -0.489 e. The van der Waals surface area contributed by atoms with Crippen molar-refractivity contribution in [2.24, 2.45) is 5.10 Å². The minimum atomic E-state index is -0.329. The molecule has 0 saturated heterocycles. The Labute approximate surface area is 161 Å². The number of ether oxygens (including phenoxy) is 1. The molecular weight excluding hydrogens is 360 g/mol. The second kappa shape index (κ2) is 8.46. The smallest absolute Gasteiger partial charge is 0.283 e. The lowest BCUT2D eigenvalue weighted by molar-refractivity contribution is 0.0958. The highest BCUT2D eigenvalue weighted by Crippen LogP contribution is 2.19. The number of amides is 1. The van der Waals surface area contributed by atoms with Crippen molar-refractivity contribution in [2.45, 2.75) is 20.5 Å². The number of aryl methyl sites for hydroxylation is 2. The van der Waals surface area contributed by atoms with Gasteiger partial charge in [0.25, 0.3) is 5.91 Å². The van der Waals surface area contributed by atoms with Gasteiger partial charge in [-0.3, -0.25) is 4.79 Å². The summed E-state index contributed by atoms with van der Waals surface area (Å²) >= 11 is 1.14. The third-order valence-corrected chi connectivity index (χ3v) is 4.73. The molecule has 7 heteroatoms. The molecule has 27 heavy (non-hydrogen) atoms. The number of nitrogens with two attached hydrogens (primary N) is 1. The Morgan fingerprint density at radius 3 is 2.81 bits per heavy atom. The fourth-order valence-electron chi connectivity index (χ4n) is 2.50. The quantitative estimate of drug-likeness (QED) is 0.504. The molecule has 0 aliphatic carbocycles. The van der Waals surface area contributed by atoms with Crippen LogP contribution in [0.3, 0.4) is 0 Å². The van der Waals surface area contributed by atoms with Crippen LogP contribution in [0.25, 0.3) is 0 Å². The molecule has 1 amide bonds. The Morgan fingerprint density at radius 2 is 2.07 bits per heavy atom. The number of thiazole rings is 1. The van der Waals surface area contributed by atoms with Crippen LogP contribution in [-0.4, -0.2) is 17.1 Å². The average Bonchev–Trinajstić information content (AvgIpc) is 2.99. The molecule has 2 aromatic carbocycles. The van der Waals surface area contributed by atoms with E-state index in [4.69, 9.17) is 10.5 Å². The topological polar surface area (TPSA) is 89.6 Å². The summed E-state index contributed by atoms with van der Waals surface area (Å²) in [5.74, 6) is 0.405. The Morgan fingerprint density at radius 1 is 1.26 bits per heavy atom. The van der Waals surface area contributed by atoms with E-state index in [1.807, 2.05) is 36.4 Å². The molecule has 0 spiro atoms. The summed E-state index contributed by atoms with van der Waals surface area (Å²) in [4.78, 5) is 16.6. The van der Waals surface area contributed by atoms with Crippen molar-refractivity contribution < 1.29 is 9.53 Å². The Balaban J connectivity index is 1.59. The van der Waals surface area contributed by atoms with E-state index in [1.54, 1.807) is 13.1 Å². The van der Waals surface area contributed by atoms with Gasteiger partial charge in [-0.1, -0.05) is 53.3 Å². The van der Waals surface area contributed by atoms with E-state index in [1.165, 1.54) is 5.56 Å². The number of aromatic nitrogens is 1. The highest BCUT2D eigenvalue weighted by molar-refractivity contribution is 7.17. The average molecular weight is 380 g/mol. The minimum absolute atomic E-state index is 0.329. The normalized spacial score (nSPS) is 10.9. The number of carbonyl (C=O) groups is 1. The molecule has 0 saturated carbocycles. The third kappa shape index (κ3) is 5.15. The van der Waals surface area contributed by atoms with Gasteiger partial charge in [0.15, 0.2) is 5.13 Å². The Bertz CT molecular complexity index is 982. The number of hydrogen-bond donors (Lipinski definition) is 2. The van der Waals surface area contributed by atoms with Gasteiger partial charge in [-0.15, -0.1) is 0 Å². The summed E-state index contributed by atoms with van der Waals surface area (Å²) in [7, 11) is 0. The van der Waals surface area contributed by atoms with Gasteiger partial charge in [0.2, 0.25) is 0 Å². The van der Waals surface area contributed by atoms with Crippen LogP contribution in [0.2, 0.25) is 0 Å². The first-order valence-electron chi connectivity index (χ1n) is 8.36. The van der Waals surface area contributed by atoms with Crippen molar-refractivity contribution >= 4 is 28.6 Å². The van der Waals surface area contributed by atoms with Gasteiger partial charge in [-0.2, -0.15) is 5.10 Å². The van der Waals surface area contributed by atoms with Crippen molar-refractivity contribution in [1.82, 2.24) is 10.4 Å². The fourth-order valence-corrected chi connectivity index (χ4v) is 3.22. The number of carbonyl (C=O) groups excluding carboxylic acids is 1. The van der Waals surface area contributed by atoms with E-state index in [9.17, 15) is 4.79 Å². The zero-order valence-corrected chi connectivity index (χ0v) is 15.9. The molecule has 138 valence electrons. The molecular formula is C20H20N4O2S. The molecule has 0 fully saturated rings. The van der Waals surface area contributed by atoms with E-state index in [-0.39, 0.29) is 5.91 Å². The van der Waals surface area contributed by atoms with E-state index in [0.717, 1.165) is 28.2 Å². The Kier molecular flexibility index (Phi) is 5.83. The van der Waals surface area contributed by atoms with Crippen LogP contribution >= 0.6 is 11.3 Å². The van der Waals surface area contributed by atoms with E-state index in [2.05, 4.69) is 34.6 Å². The fraction of sp³-hybridized carbons (Fsp3) is 0.150. The first kappa shape index (κ1) is 18.6. The second-order valence-corrected chi connectivity index (χ2v) is 7.05. The highest BCUT2D eigenvalue weighted by Gasteiger charge is 2.13. The van der Waals surface area contributed by atoms with Crippen LogP contribution in [-0.2, 0) is 6.61 Å². The third-order valence-electron chi connectivity index (χ3n) is 3.75. The lowest BCUT2D eigenvalue weighted by Gasteiger charge is -2.07. The number of nitrogens with zero attached hydrogens (tertiary/aromatic N) is 2. The van der Waals surface area contributed by atoms with Crippen LogP contribution in [0.4, 0.5) is 5.13 Å². The van der Waals surface area contributed by atoms with Gasteiger partial charge in [-0.25, -0.2) is 10.4 Å². The monoisotopic (exact) mass is 380 g/mol. The maximum absolute atomic E-state index is 12.1. The van der Waals surface area contributed by atoms with Gasteiger partial charge < -0.3 is 10.5 Å². The zero-order valence-electron chi connectivity index (χ0n) is 15.1. The van der Waals surface area contributed by atoms with Gasteiger partial charge in [0.05, 0.1) is 11.9 Å². The molecule has 1 heterocycles. The van der Waals surface area contributed by atoms with Crippen LogP contribution < -0.4 is 15.9 Å². The first-order chi connectivity index (χ1) is 13.0. The van der Waals surface area contributed by atoms with Crippen molar-refractivity contribution in [3.05, 3.63) is 75.8 Å². The van der Waals surface area contributed by atoms with Gasteiger partial charge >= 0.3 is 0 Å². The van der Waals surface area contributed by atoms with Gasteiger partial charge in [-0.05, 0) is 37.1 Å². The predicted molar refractivity (Wildman–Crippen MR) is 108 cm³/mol. The molecule has 3 N–H and O–H groups in total. The lowest BCUT2D eigenvalue weighted by atomic mass is 10.1. The summed E-state index contributed by atoms with van der Waals surface area (Å²) in [5.41, 5.74) is 11.8. The number of hydrogen-bond acceptors (Lipinski definition) is 6. The summed E-state index contributed by atoms with van der Waals surface area (Å²) in [5, 5.41) is 4.36. The lowest BCUT2D eigenvalue weighted by Crippen LogP contribution is -2.17. The molecule has 0 aliphatic rings. The molecule has 0 radical (unpaired) electrons.